The lowest BCUT2D eigenvalue weighted by molar-refractivity contribution is 0.0913. The van der Waals surface area contributed by atoms with Crippen LogP contribution in [0.5, 0.6) is 17.5 Å². The number of aromatic nitrogens is 2. The minimum absolute atomic E-state index is 0.0842. The van der Waals surface area contributed by atoms with Gasteiger partial charge in [-0.05, 0) is 49.1 Å². The maximum Gasteiger partial charge on any atom is 0.278 e. The molecular formula is C27H30N4O3. The highest BCUT2D eigenvalue weighted by Gasteiger charge is 2.22. The van der Waals surface area contributed by atoms with Crippen LogP contribution in [0.4, 0.5) is 0 Å². The van der Waals surface area contributed by atoms with Crippen molar-refractivity contribution in [2.24, 2.45) is 0 Å². The molecule has 4 rings (SSSR count). The van der Waals surface area contributed by atoms with Gasteiger partial charge >= 0.3 is 0 Å². The highest BCUT2D eigenvalue weighted by atomic mass is 16.5. The topological polar surface area (TPSA) is 80.5 Å². The molecule has 0 radical (unpaired) electrons. The maximum atomic E-state index is 8.71. The van der Waals surface area contributed by atoms with Crippen molar-refractivity contribution in [1.29, 1.82) is 5.26 Å². The van der Waals surface area contributed by atoms with Crippen LogP contribution in [0.2, 0.25) is 0 Å². The van der Waals surface area contributed by atoms with E-state index in [0.717, 1.165) is 55.8 Å². The zero-order valence-corrected chi connectivity index (χ0v) is 19.3. The average Bonchev–Trinajstić information content (AvgIpc) is 2.89. The van der Waals surface area contributed by atoms with Crippen LogP contribution in [0.15, 0.2) is 67.0 Å². The second-order valence-electron chi connectivity index (χ2n) is 8.30. The SMILES string of the molecule is N#CCCCN1CCC(Oc2nccnc2OCc2cccc(OCc3ccccc3)c2)CC1. The molecule has 0 spiro atoms. The van der Waals surface area contributed by atoms with Gasteiger partial charge in [-0.25, -0.2) is 9.97 Å². The molecule has 7 heteroatoms. The Kier molecular flexibility index (Phi) is 8.70. The molecule has 1 saturated heterocycles. The minimum atomic E-state index is 0.0842. The van der Waals surface area contributed by atoms with Crippen molar-refractivity contribution >= 4 is 0 Å². The Morgan fingerprint density at radius 2 is 1.62 bits per heavy atom. The summed E-state index contributed by atoms with van der Waals surface area (Å²) in [6.07, 6.45) is 6.69. The van der Waals surface area contributed by atoms with Crippen LogP contribution in [-0.4, -0.2) is 40.6 Å². The third kappa shape index (κ3) is 7.19. The van der Waals surface area contributed by atoms with Gasteiger partial charge in [-0.3, -0.25) is 0 Å². The lowest BCUT2D eigenvalue weighted by atomic mass is 10.1. The van der Waals surface area contributed by atoms with E-state index in [0.29, 0.717) is 31.4 Å². The van der Waals surface area contributed by atoms with Crippen molar-refractivity contribution in [1.82, 2.24) is 14.9 Å². The third-order valence-corrected chi connectivity index (χ3v) is 5.73. The van der Waals surface area contributed by atoms with Crippen LogP contribution in [0.25, 0.3) is 0 Å². The van der Waals surface area contributed by atoms with Crippen molar-refractivity contribution in [3.63, 3.8) is 0 Å². The van der Waals surface area contributed by atoms with Crippen LogP contribution < -0.4 is 14.2 Å². The Morgan fingerprint density at radius 1 is 0.882 bits per heavy atom. The highest BCUT2D eigenvalue weighted by Crippen LogP contribution is 2.26. The number of unbranched alkanes of at least 4 members (excludes halogenated alkanes) is 1. The van der Waals surface area contributed by atoms with E-state index in [2.05, 4.69) is 20.9 Å². The van der Waals surface area contributed by atoms with E-state index < -0.39 is 0 Å². The summed E-state index contributed by atoms with van der Waals surface area (Å²) < 4.78 is 18.1. The third-order valence-electron chi connectivity index (χ3n) is 5.73. The second kappa shape index (κ2) is 12.6. The van der Waals surface area contributed by atoms with E-state index >= 15 is 0 Å². The monoisotopic (exact) mass is 458 g/mol. The second-order valence-corrected chi connectivity index (χ2v) is 8.30. The Bertz CT molecular complexity index is 1060. The molecule has 2 heterocycles. The first-order chi connectivity index (χ1) is 16.8. The van der Waals surface area contributed by atoms with E-state index in [1.165, 1.54) is 0 Å². The first kappa shape index (κ1) is 23.5. The number of nitriles is 1. The first-order valence-corrected chi connectivity index (χ1v) is 11.8. The molecule has 3 aromatic rings. The summed E-state index contributed by atoms with van der Waals surface area (Å²) in [6, 6.07) is 20.2. The average molecular weight is 459 g/mol. The number of hydrogen-bond donors (Lipinski definition) is 0. The van der Waals surface area contributed by atoms with E-state index in [1.54, 1.807) is 12.4 Å². The lowest BCUT2D eigenvalue weighted by Crippen LogP contribution is -2.38. The quantitative estimate of drug-likeness (QED) is 0.383. The fourth-order valence-corrected chi connectivity index (χ4v) is 3.90. The molecule has 2 aromatic carbocycles. The maximum absolute atomic E-state index is 8.71. The number of benzene rings is 2. The molecule has 0 unspecified atom stereocenters. The first-order valence-electron chi connectivity index (χ1n) is 11.8. The molecule has 1 aliphatic heterocycles. The lowest BCUT2D eigenvalue weighted by Gasteiger charge is -2.31. The van der Waals surface area contributed by atoms with Crippen molar-refractivity contribution in [3.8, 4) is 23.6 Å². The van der Waals surface area contributed by atoms with Gasteiger partial charge in [0.25, 0.3) is 11.8 Å². The summed E-state index contributed by atoms with van der Waals surface area (Å²) in [7, 11) is 0. The van der Waals surface area contributed by atoms with Gasteiger partial charge in [0.1, 0.15) is 25.1 Å². The van der Waals surface area contributed by atoms with Gasteiger partial charge in [0.2, 0.25) is 0 Å². The molecule has 1 aromatic heterocycles. The number of nitrogens with zero attached hydrogens (tertiary/aromatic N) is 4. The zero-order chi connectivity index (χ0) is 23.4. The van der Waals surface area contributed by atoms with Gasteiger partial charge in [-0.2, -0.15) is 5.26 Å². The van der Waals surface area contributed by atoms with Crippen LogP contribution in [0, 0.1) is 11.3 Å². The largest absolute Gasteiger partial charge is 0.489 e. The predicted octanol–water partition coefficient (Wildman–Crippen LogP) is 4.78. The van der Waals surface area contributed by atoms with Gasteiger partial charge < -0.3 is 19.1 Å². The molecule has 0 bridgehead atoms. The summed E-state index contributed by atoms with van der Waals surface area (Å²) in [5.41, 5.74) is 2.10. The van der Waals surface area contributed by atoms with Gasteiger partial charge in [0.05, 0.1) is 6.07 Å². The molecule has 34 heavy (non-hydrogen) atoms. The van der Waals surface area contributed by atoms with E-state index in [4.69, 9.17) is 19.5 Å². The number of likely N-dealkylation sites (tertiary alicyclic amines) is 1. The Hall–Kier alpha value is -3.63. The fourth-order valence-electron chi connectivity index (χ4n) is 3.90. The zero-order valence-electron chi connectivity index (χ0n) is 19.3. The molecule has 0 atom stereocenters. The van der Waals surface area contributed by atoms with Crippen molar-refractivity contribution in [2.75, 3.05) is 19.6 Å². The fraction of sp³-hybridized carbons (Fsp3) is 0.370. The van der Waals surface area contributed by atoms with Gasteiger partial charge in [0, 0.05) is 31.9 Å². The van der Waals surface area contributed by atoms with E-state index in [1.807, 2.05) is 54.6 Å². The Balaban J connectivity index is 1.28. The van der Waals surface area contributed by atoms with E-state index in [9.17, 15) is 0 Å². The van der Waals surface area contributed by atoms with Crippen LogP contribution in [-0.2, 0) is 13.2 Å². The molecule has 0 N–H and O–H groups in total. The molecule has 0 amide bonds. The van der Waals surface area contributed by atoms with Crippen molar-refractivity contribution < 1.29 is 14.2 Å². The number of hydrogen-bond acceptors (Lipinski definition) is 7. The molecule has 176 valence electrons. The number of ether oxygens (including phenoxy) is 3. The summed E-state index contributed by atoms with van der Waals surface area (Å²) >= 11 is 0. The van der Waals surface area contributed by atoms with Gasteiger partial charge in [-0.15, -0.1) is 0 Å². The normalized spacial score (nSPS) is 14.3. The molecule has 0 saturated carbocycles. The van der Waals surface area contributed by atoms with Crippen molar-refractivity contribution in [3.05, 3.63) is 78.1 Å². The predicted molar refractivity (Wildman–Crippen MR) is 129 cm³/mol. The standard InChI is InChI=1S/C27H30N4O3/c28-13-4-5-16-31-17-11-24(12-18-31)34-27-26(29-14-15-30-27)33-21-23-9-6-10-25(19-23)32-20-22-7-2-1-3-8-22/h1-3,6-10,14-15,19,24H,4-5,11-12,16-18,20-21H2. The smallest absolute Gasteiger partial charge is 0.278 e. The summed E-state index contributed by atoms with van der Waals surface area (Å²) in [4.78, 5) is 11.1. The van der Waals surface area contributed by atoms with Crippen molar-refractivity contribution in [2.45, 2.75) is 45.0 Å². The molecule has 7 nitrogen and oxygen atoms in total. The molecular weight excluding hydrogens is 428 g/mol. The molecule has 1 fully saturated rings. The summed E-state index contributed by atoms with van der Waals surface area (Å²) in [5, 5.41) is 8.71. The van der Waals surface area contributed by atoms with Crippen LogP contribution in [0.3, 0.4) is 0 Å². The summed E-state index contributed by atoms with van der Waals surface area (Å²) in [5.74, 6) is 1.62. The van der Waals surface area contributed by atoms with Crippen LogP contribution >= 0.6 is 0 Å². The van der Waals surface area contributed by atoms with Gasteiger partial charge in [-0.1, -0.05) is 42.5 Å². The Labute approximate surface area is 200 Å². The van der Waals surface area contributed by atoms with E-state index in [-0.39, 0.29) is 6.10 Å². The highest BCUT2D eigenvalue weighted by molar-refractivity contribution is 5.30. The number of rotatable bonds is 11. The Morgan fingerprint density at radius 3 is 2.41 bits per heavy atom. The summed E-state index contributed by atoms with van der Waals surface area (Å²) in [6.45, 7) is 3.75. The minimum Gasteiger partial charge on any atom is -0.489 e. The van der Waals surface area contributed by atoms with Gasteiger partial charge in [0.15, 0.2) is 0 Å². The molecule has 0 aliphatic carbocycles. The molecule has 1 aliphatic rings. The number of piperidine rings is 1. The van der Waals surface area contributed by atoms with Crippen LogP contribution in [0.1, 0.15) is 36.8 Å².